The Labute approximate surface area is 164 Å². The SMILES string of the molecule is O=C(Nc1nc2cccc(-n3cnc4ccccc43)n2n1)c1cccc(Cl)c1. The highest BCUT2D eigenvalue weighted by Crippen LogP contribution is 2.19. The summed E-state index contributed by atoms with van der Waals surface area (Å²) >= 11 is 5.96. The molecule has 0 aliphatic carbocycles. The minimum absolute atomic E-state index is 0.210. The number of halogens is 1. The Morgan fingerprint density at radius 1 is 1.00 bits per heavy atom. The monoisotopic (exact) mass is 388 g/mol. The zero-order chi connectivity index (χ0) is 19.1. The summed E-state index contributed by atoms with van der Waals surface area (Å²) in [6, 6.07) is 20.2. The van der Waals surface area contributed by atoms with Crippen LogP contribution in [0.25, 0.3) is 22.5 Å². The molecule has 136 valence electrons. The third-order valence-corrected chi connectivity index (χ3v) is 4.59. The van der Waals surface area contributed by atoms with Crippen molar-refractivity contribution in [2.75, 3.05) is 5.32 Å². The molecule has 0 saturated carbocycles. The maximum absolute atomic E-state index is 12.5. The van der Waals surface area contributed by atoms with Crippen molar-refractivity contribution in [2.24, 2.45) is 0 Å². The molecule has 0 saturated heterocycles. The van der Waals surface area contributed by atoms with E-state index in [0.29, 0.717) is 16.2 Å². The number of aromatic nitrogens is 5. The standard InChI is InChI=1S/C20H13ClN6O/c21-14-6-3-5-13(11-14)19(28)24-20-23-17-9-4-10-18(27(17)25-20)26-12-22-15-7-1-2-8-16(15)26/h1-12H,(H,24,25,28). The second-order valence-electron chi connectivity index (χ2n) is 6.16. The van der Waals surface area contributed by atoms with E-state index < -0.39 is 0 Å². The number of benzene rings is 2. The molecular weight excluding hydrogens is 376 g/mol. The summed E-state index contributed by atoms with van der Waals surface area (Å²) in [5.74, 6) is 0.650. The van der Waals surface area contributed by atoms with Gasteiger partial charge >= 0.3 is 0 Å². The van der Waals surface area contributed by atoms with Gasteiger partial charge in [0.15, 0.2) is 5.65 Å². The lowest BCUT2D eigenvalue weighted by molar-refractivity contribution is 0.102. The smallest absolute Gasteiger partial charge is 0.258 e. The van der Waals surface area contributed by atoms with Crippen LogP contribution in [0.15, 0.2) is 73.1 Å². The van der Waals surface area contributed by atoms with Crippen LogP contribution >= 0.6 is 11.6 Å². The van der Waals surface area contributed by atoms with Gasteiger partial charge in [-0.15, -0.1) is 5.10 Å². The predicted molar refractivity (Wildman–Crippen MR) is 107 cm³/mol. The number of anilines is 1. The number of nitrogens with zero attached hydrogens (tertiary/aromatic N) is 5. The molecule has 3 aromatic heterocycles. The maximum Gasteiger partial charge on any atom is 0.258 e. The molecule has 0 spiro atoms. The van der Waals surface area contributed by atoms with Crippen LogP contribution in [0.5, 0.6) is 0 Å². The Kier molecular flexibility index (Phi) is 3.80. The van der Waals surface area contributed by atoms with Gasteiger partial charge in [-0.25, -0.2) is 4.98 Å². The molecule has 0 aliphatic heterocycles. The second kappa shape index (κ2) is 6.47. The molecule has 1 N–H and O–H groups in total. The lowest BCUT2D eigenvalue weighted by Gasteiger charge is -2.05. The largest absolute Gasteiger partial charge is 0.289 e. The summed E-state index contributed by atoms with van der Waals surface area (Å²) in [6.07, 6.45) is 1.74. The van der Waals surface area contributed by atoms with Crippen molar-refractivity contribution in [1.29, 1.82) is 0 Å². The van der Waals surface area contributed by atoms with Crippen molar-refractivity contribution >= 4 is 40.1 Å². The molecule has 0 bridgehead atoms. The number of carbonyl (C=O) groups is 1. The summed E-state index contributed by atoms with van der Waals surface area (Å²) in [4.78, 5) is 21.3. The normalized spacial score (nSPS) is 11.2. The van der Waals surface area contributed by atoms with E-state index >= 15 is 0 Å². The van der Waals surface area contributed by atoms with Crippen LogP contribution < -0.4 is 5.32 Å². The molecule has 1 amide bonds. The van der Waals surface area contributed by atoms with Gasteiger partial charge in [-0.1, -0.05) is 35.9 Å². The molecule has 5 aromatic rings. The maximum atomic E-state index is 12.5. The van der Waals surface area contributed by atoms with Crippen molar-refractivity contribution < 1.29 is 4.79 Å². The first-order chi connectivity index (χ1) is 13.7. The van der Waals surface area contributed by atoms with E-state index in [4.69, 9.17) is 11.6 Å². The zero-order valence-corrected chi connectivity index (χ0v) is 15.2. The van der Waals surface area contributed by atoms with E-state index in [9.17, 15) is 4.79 Å². The molecule has 5 rings (SSSR count). The number of rotatable bonds is 3. The third-order valence-electron chi connectivity index (χ3n) is 4.35. The van der Waals surface area contributed by atoms with E-state index in [1.807, 2.05) is 47.0 Å². The van der Waals surface area contributed by atoms with E-state index in [1.54, 1.807) is 35.1 Å². The lowest BCUT2D eigenvalue weighted by Crippen LogP contribution is -2.13. The van der Waals surface area contributed by atoms with Crippen molar-refractivity contribution in [3.05, 3.63) is 83.6 Å². The first-order valence-electron chi connectivity index (χ1n) is 8.54. The van der Waals surface area contributed by atoms with Crippen LogP contribution in [0.2, 0.25) is 5.02 Å². The number of imidazole rings is 1. The van der Waals surface area contributed by atoms with E-state index in [1.165, 1.54) is 0 Å². The van der Waals surface area contributed by atoms with E-state index in [2.05, 4.69) is 20.4 Å². The fraction of sp³-hybridized carbons (Fsp3) is 0. The predicted octanol–water partition coefficient (Wildman–Crippen LogP) is 3.97. The fourth-order valence-corrected chi connectivity index (χ4v) is 3.26. The highest BCUT2D eigenvalue weighted by Gasteiger charge is 2.14. The van der Waals surface area contributed by atoms with E-state index in [-0.39, 0.29) is 11.9 Å². The van der Waals surface area contributed by atoms with Gasteiger partial charge in [-0.05, 0) is 42.5 Å². The van der Waals surface area contributed by atoms with Crippen molar-refractivity contribution in [1.82, 2.24) is 24.1 Å². The van der Waals surface area contributed by atoms with Crippen LogP contribution in [-0.2, 0) is 0 Å². The van der Waals surface area contributed by atoms with Gasteiger partial charge < -0.3 is 0 Å². The third kappa shape index (κ3) is 2.78. The summed E-state index contributed by atoms with van der Waals surface area (Å²) in [5.41, 5.74) is 2.88. The highest BCUT2D eigenvalue weighted by molar-refractivity contribution is 6.31. The number of pyridine rings is 1. The van der Waals surface area contributed by atoms with Gasteiger partial charge in [-0.3, -0.25) is 14.7 Å². The summed E-state index contributed by atoms with van der Waals surface area (Å²) in [7, 11) is 0. The molecule has 2 aromatic carbocycles. The Hall–Kier alpha value is -3.71. The first kappa shape index (κ1) is 16.5. The number of para-hydroxylation sites is 2. The number of amides is 1. The molecule has 0 atom stereocenters. The molecule has 0 radical (unpaired) electrons. The average Bonchev–Trinajstić information content (AvgIpc) is 3.31. The summed E-state index contributed by atoms with van der Waals surface area (Å²) in [5, 5.41) is 7.67. The molecular formula is C20H13ClN6O. The minimum atomic E-state index is -0.326. The summed E-state index contributed by atoms with van der Waals surface area (Å²) < 4.78 is 3.60. The topological polar surface area (TPSA) is 77.1 Å². The minimum Gasteiger partial charge on any atom is -0.289 e. The van der Waals surface area contributed by atoms with Crippen LogP contribution in [0.3, 0.4) is 0 Å². The van der Waals surface area contributed by atoms with Gasteiger partial charge in [0, 0.05) is 10.6 Å². The van der Waals surface area contributed by atoms with Gasteiger partial charge in [0.05, 0.1) is 11.0 Å². The van der Waals surface area contributed by atoms with Crippen molar-refractivity contribution in [3.63, 3.8) is 0 Å². The van der Waals surface area contributed by atoms with Gasteiger partial charge in [0.2, 0.25) is 5.95 Å². The van der Waals surface area contributed by atoms with Crippen LogP contribution in [-0.4, -0.2) is 30.1 Å². The number of fused-ring (bicyclic) bond motifs is 2. The molecule has 0 fully saturated rings. The molecule has 28 heavy (non-hydrogen) atoms. The molecule has 7 nitrogen and oxygen atoms in total. The highest BCUT2D eigenvalue weighted by atomic mass is 35.5. The number of hydrogen-bond acceptors (Lipinski definition) is 4. The van der Waals surface area contributed by atoms with E-state index in [0.717, 1.165) is 16.9 Å². The molecule has 8 heteroatoms. The number of carbonyl (C=O) groups excluding carboxylic acids is 1. The van der Waals surface area contributed by atoms with Crippen LogP contribution in [0, 0.1) is 0 Å². The Balaban J connectivity index is 1.55. The Morgan fingerprint density at radius 3 is 2.75 bits per heavy atom. The average molecular weight is 389 g/mol. The lowest BCUT2D eigenvalue weighted by atomic mass is 10.2. The molecule has 0 aliphatic rings. The number of nitrogens with one attached hydrogen (secondary N) is 1. The molecule has 0 unspecified atom stereocenters. The number of hydrogen-bond donors (Lipinski definition) is 1. The van der Waals surface area contributed by atoms with Crippen LogP contribution in [0.1, 0.15) is 10.4 Å². The molecule has 3 heterocycles. The Morgan fingerprint density at radius 2 is 1.86 bits per heavy atom. The van der Waals surface area contributed by atoms with Crippen LogP contribution in [0.4, 0.5) is 5.95 Å². The van der Waals surface area contributed by atoms with Crippen molar-refractivity contribution in [2.45, 2.75) is 0 Å². The van der Waals surface area contributed by atoms with Crippen molar-refractivity contribution in [3.8, 4) is 5.82 Å². The summed E-state index contributed by atoms with van der Waals surface area (Å²) in [6.45, 7) is 0. The zero-order valence-electron chi connectivity index (χ0n) is 14.5. The van der Waals surface area contributed by atoms with Gasteiger partial charge in [-0.2, -0.15) is 9.50 Å². The first-order valence-corrected chi connectivity index (χ1v) is 8.92. The quantitative estimate of drug-likeness (QED) is 0.507. The fourth-order valence-electron chi connectivity index (χ4n) is 3.07. The van der Waals surface area contributed by atoms with Gasteiger partial charge in [0.25, 0.3) is 5.91 Å². The second-order valence-corrected chi connectivity index (χ2v) is 6.59. The Bertz CT molecular complexity index is 1340. The van der Waals surface area contributed by atoms with Gasteiger partial charge in [0.1, 0.15) is 12.1 Å².